The van der Waals surface area contributed by atoms with Crippen molar-refractivity contribution in [2.45, 2.75) is 33.4 Å². The van der Waals surface area contributed by atoms with Gasteiger partial charge < -0.3 is 15.0 Å². The molecule has 0 bridgehead atoms. The monoisotopic (exact) mass is 316 g/mol. The Bertz CT molecular complexity index is 648. The SMILES string of the molecule is CCOc1cccc([C@H](C)NCc2c(C)nn(C)c2N(C)C)c1. The van der Waals surface area contributed by atoms with E-state index in [0.717, 1.165) is 23.8 Å². The molecule has 1 heterocycles. The summed E-state index contributed by atoms with van der Waals surface area (Å²) in [5.74, 6) is 2.07. The minimum Gasteiger partial charge on any atom is -0.494 e. The van der Waals surface area contributed by atoms with Gasteiger partial charge in [-0.2, -0.15) is 5.10 Å². The molecule has 1 atom stereocenters. The first-order chi connectivity index (χ1) is 10.9. The van der Waals surface area contributed by atoms with Crippen LogP contribution in [0.15, 0.2) is 24.3 Å². The lowest BCUT2D eigenvalue weighted by atomic mass is 10.1. The zero-order valence-corrected chi connectivity index (χ0v) is 15.1. The van der Waals surface area contributed by atoms with Crippen LogP contribution in [0.1, 0.15) is 36.7 Å². The van der Waals surface area contributed by atoms with Gasteiger partial charge in [0.2, 0.25) is 0 Å². The van der Waals surface area contributed by atoms with Crippen LogP contribution in [0.4, 0.5) is 5.82 Å². The summed E-state index contributed by atoms with van der Waals surface area (Å²) in [6, 6.07) is 8.51. The van der Waals surface area contributed by atoms with Crippen molar-refractivity contribution in [2.24, 2.45) is 7.05 Å². The molecule has 0 fully saturated rings. The van der Waals surface area contributed by atoms with Gasteiger partial charge in [-0.15, -0.1) is 0 Å². The molecule has 126 valence electrons. The summed E-state index contributed by atoms with van der Waals surface area (Å²) in [4.78, 5) is 2.11. The van der Waals surface area contributed by atoms with Crippen molar-refractivity contribution in [1.29, 1.82) is 0 Å². The van der Waals surface area contributed by atoms with Crippen LogP contribution in [0.2, 0.25) is 0 Å². The Morgan fingerprint density at radius 2 is 2.09 bits per heavy atom. The number of nitrogens with zero attached hydrogens (tertiary/aromatic N) is 3. The molecule has 23 heavy (non-hydrogen) atoms. The maximum Gasteiger partial charge on any atom is 0.130 e. The van der Waals surface area contributed by atoms with E-state index >= 15 is 0 Å². The van der Waals surface area contributed by atoms with Gasteiger partial charge in [-0.05, 0) is 38.5 Å². The lowest BCUT2D eigenvalue weighted by molar-refractivity contribution is 0.339. The summed E-state index contributed by atoms with van der Waals surface area (Å²) >= 11 is 0. The van der Waals surface area contributed by atoms with Gasteiger partial charge in [0, 0.05) is 39.3 Å². The van der Waals surface area contributed by atoms with Crippen molar-refractivity contribution in [3.05, 3.63) is 41.1 Å². The predicted molar refractivity (Wildman–Crippen MR) is 95.1 cm³/mol. The number of hydrogen-bond donors (Lipinski definition) is 1. The summed E-state index contributed by atoms with van der Waals surface area (Å²) < 4.78 is 7.52. The molecule has 0 aliphatic rings. The van der Waals surface area contributed by atoms with Crippen LogP contribution in [-0.2, 0) is 13.6 Å². The molecule has 0 aliphatic heterocycles. The largest absolute Gasteiger partial charge is 0.494 e. The van der Waals surface area contributed by atoms with Gasteiger partial charge in [-0.25, -0.2) is 0 Å². The molecule has 0 saturated carbocycles. The van der Waals surface area contributed by atoms with E-state index < -0.39 is 0 Å². The standard InChI is InChI=1S/C18H28N4O/c1-7-23-16-10-8-9-15(11-16)13(2)19-12-17-14(3)20-22(6)18(17)21(4)5/h8-11,13,19H,7,12H2,1-6H3/t13-/m0/s1. The molecular weight excluding hydrogens is 288 g/mol. The van der Waals surface area contributed by atoms with E-state index in [9.17, 15) is 0 Å². The lowest BCUT2D eigenvalue weighted by Crippen LogP contribution is -2.21. The average molecular weight is 316 g/mol. The molecule has 5 nitrogen and oxygen atoms in total. The molecule has 0 unspecified atom stereocenters. The zero-order chi connectivity index (χ0) is 17.0. The maximum atomic E-state index is 5.58. The second kappa shape index (κ2) is 7.51. The number of nitrogens with one attached hydrogen (secondary N) is 1. The molecule has 5 heteroatoms. The molecule has 2 aromatic rings. The van der Waals surface area contributed by atoms with Gasteiger partial charge in [0.25, 0.3) is 0 Å². The topological polar surface area (TPSA) is 42.3 Å². The van der Waals surface area contributed by atoms with Crippen molar-refractivity contribution in [1.82, 2.24) is 15.1 Å². The maximum absolute atomic E-state index is 5.58. The van der Waals surface area contributed by atoms with Gasteiger partial charge >= 0.3 is 0 Å². The van der Waals surface area contributed by atoms with Crippen molar-refractivity contribution < 1.29 is 4.74 Å². The third-order valence-electron chi connectivity index (χ3n) is 3.99. The number of rotatable bonds is 7. The third kappa shape index (κ3) is 4.05. The van der Waals surface area contributed by atoms with Crippen molar-refractivity contribution in [2.75, 3.05) is 25.6 Å². The molecule has 2 rings (SSSR count). The molecule has 0 saturated heterocycles. The van der Waals surface area contributed by atoms with Crippen LogP contribution in [0, 0.1) is 6.92 Å². The Labute approximate surface area is 139 Å². The van der Waals surface area contributed by atoms with E-state index in [1.54, 1.807) is 0 Å². The number of aryl methyl sites for hydroxylation is 2. The van der Waals surface area contributed by atoms with Gasteiger partial charge in [0.1, 0.15) is 11.6 Å². The molecule has 1 aromatic carbocycles. The molecule has 1 aromatic heterocycles. The van der Waals surface area contributed by atoms with E-state index in [4.69, 9.17) is 4.74 Å². The smallest absolute Gasteiger partial charge is 0.130 e. The number of ether oxygens (including phenoxy) is 1. The van der Waals surface area contributed by atoms with Crippen LogP contribution in [0.5, 0.6) is 5.75 Å². The first kappa shape index (κ1) is 17.3. The highest BCUT2D eigenvalue weighted by atomic mass is 16.5. The fraction of sp³-hybridized carbons (Fsp3) is 0.500. The normalized spacial score (nSPS) is 12.3. The summed E-state index contributed by atoms with van der Waals surface area (Å²) in [6.07, 6.45) is 0. The number of anilines is 1. The molecule has 1 N–H and O–H groups in total. The van der Waals surface area contributed by atoms with Crippen molar-refractivity contribution in [3.8, 4) is 5.75 Å². The summed E-state index contributed by atoms with van der Waals surface area (Å²) in [7, 11) is 6.09. The molecule has 0 spiro atoms. The summed E-state index contributed by atoms with van der Waals surface area (Å²) in [5.41, 5.74) is 3.54. The zero-order valence-electron chi connectivity index (χ0n) is 15.1. The first-order valence-corrected chi connectivity index (χ1v) is 8.10. The number of hydrogen-bond acceptors (Lipinski definition) is 4. The van der Waals surface area contributed by atoms with Crippen LogP contribution < -0.4 is 15.0 Å². The van der Waals surface area contributed by atoms with E-state index in [1.165, 1.54) is 11.1 Å². The van der Waals surface area contributed by atoms with Crippen LogP contribution in [0.25, 0.3) is 0 Å². The first-order valence-electron chi connectivity index (χ1n) is 8.10. The predicted octanol–water partition coefficient (Wildman–Crippen LogP) is 3.04. The Morgan fingerprint density at radius 1 is 1.35 bits per heavy atom. The fourth-order valence-corrected chi connectivity index (χ4v) is 2.87. The van der Waals surface area contributed by atoms with Crippen LogP contribution in [0.3, 0.4) is 0 Å². The van der Waals surface area contributed by atoms with E-state index in [0.29, 0.717) is 6.61 Å². The molecule has 0 amide bonds. The van der Waals surface area contributed by atoms with Crippen molar-refractivity contribution >= 4 is 5.82 Å². The van der Waals surface area contributed by atoms with Gasteiger partial charge in [0.05, 0.1) is 12.3 Å². The second-order valence-corrected chi connectivity index (χ2v) is 6.01. The second-order valence-electron chi connectivity index (χ2n) is 6.01. The quantitative estimate of drug-likeness (QED) is 0.852. The Morgan fingerprint density at radius 3 is 2.74 bits per heavy atom. The van der Waals surface area contributed by atoms with Gasteiger partial charge in [-0.1, -0.05) is 12.1 Å². The van der Waals surface area contributed by atoms with E-state index in [1.807, 2.05) is 30.8 Å². The highest BCUT2D eigenvalue weighted by Crippen LogP contribution is 2.23. The number of aromatic nitrogens is 2. The Hall–Kier alpha value is -2.01. The molecule has 0 aliphatic carbocycles. The highest BCUT2D eigenvalue weighted by molar-refractivity contribution is 5.49. The van der Waals surface area contributed by atoms with Crippen LogP contribution in [-0.4, -0.2) is 30.5 Å². The van der Waals surface area contributed by atoms with Gasteiger partial charge in [-0.3, -0.25) is 4.68 Å². The number of benzene rings is 1. The van der Waals surface area contributed by atoms with Crippen LogP contribution >= 0.6 is 0 Å². The minimum atomic E-state index is 0.241. The highest BCUT2D eigenvalue weighted by Gasteiger charge is 2.16. The van der Waals surface area contributed by atoms with Gasteiger partial charge in [0.15, 0.2) is 0 Å². The third-order valence-corrected chi connectivity index (χ3v) is 3.99. The summed E-state index contributed by atoms with van der Waals surface area (Å²) in [6.45, 7) is 7.71. The Balaban J connectivity index is 2.10. The van der Waals surface area contributed by atoms with E-state index in [2.05, 4.69) is 55.4 Å². The Kier molecular flexibility index (Phi) is 5.66. The van der Waals surface area contributed by atoms with Crippen molar-refractivity contribution in [3.63, 3.8) is 0 Å². The lowest BCUT2D eigenvalue weighted by Gasteiger charge is -2.18. The van der Waals surface area contributed by atoms with E-state index in [-0.39, 0.29) is 6.04 Å². The fourth-order valence-electron chi connectivity index (χ4n) is 2.87. The molecular formula is C18H28N4O. The molecule has 0 radical (unpaired) electrons. The minimum absolute atomic E-state index is 0.241. The summed E-state index contributed by atoms with van der Waals surface area (Å²) in [5, 5.41) is 8.13. The average Bonchev–Trinajstić information content (AvgIpc) is 2.79.